The van der Waals surface area contributed by atoms with Gasteiger partial charge in [-0.2, -0.15) is 0 Å². The molecule has 2 aromatic rings. The second kappa shape index (κ2) is 10.7. The topological polar surface area (TPSA) is 25.3 Å². The molecule has 0 atom stereocenters. The highest BCUT2D eigenvalue weighted by Gasteiger charge is 2.34. The fourth-order valence-electron chi connectivity index (χ4n) is 3.92. The lowest BCUT2D eigenvalue weighted by molar-refractivity contribution is -0.345. The molecule has 1 heterocycles. The third-order valence-corrected chi connectivity index (χ3v) is 5.40. The molecule has 2 heteroatoms. The molecule has 1 aliphatic heterocycles. The van der Waals surface area contributed by atoms with Crippen LogP contribution in [0.3, 0.4) is 0 Å². The largest absolute Gasteiger partial charge is 0.493 e. The van der Waals surface area contributed by atoms with Crippen molar-refractivity contribution in [3.8, 4) is 0 Å². The molecule has 0 saturated carbocycles. The van der Waals surface area contributed by atoms with Gasteiger partial charge in [0, 0.05) is 16.7 Å². The van der Waals surface area contributed by atoms with Gasteiger partial charge in [-0.05, 0) is 43.5 Å². The average Bonchev–Trinajstić information content (AvgIpc) is 3.04. The molecule has 2 aromatic carbocycles. The summed E-state index contributed by atoms with van der Waals surface area (Å²) < 4.78 is 1.42. The Morgan fingerprint density at radius 1 is 0.759 bits per heavy atom. The highest BCUT2D eigenvalue weighted by atomic mass is 15.2. The Kier molecular flexibility index (Phi) is 7.75. The lowest BCUT2D eigenvalue weighted by atomic mass is 9.94. The third-order valence-electron chi connectivity index (χ3n) is 5.40. The standard InChI is InChI=1S/C27H32N2/c1-3-5-7-15-21-25-24(20-10-6-4-2)26(22-16-11-8-12-17-22)29(28)27(25)23-18-13-9-14-19-23/h8-14,16-20H,3-7,15,21H2,1-2H3. The number of hydrogen-bond acceptors (Lipinski definition) is 0. The van der Waals surface area contributed by atoms with Crippen molar-refractivity contribution in [2.24, 2.45) is 0 Å². The van der Waals surface area contributed by atoms with Crippen molar-refractivity contribution in [1.29, 1.82) is 0 Å². The first-order chi connectivity index (χ1) is 14.3. The predicted octanol–water partition coefficient (Wildman–Crippen LogP) is 8.18. The summed E-state index contributed by atoms with van der Waals surface area (Å²) >= 11 is 0. The van der Waals surface area contributed by atoms with Crippen molar-refractivity contribution >= 4 is 11.4 Å². The van der Waals surface area contributed by atoms with Gasteiger partial charge < -0.3 is 5.53 Å². The Morgan fingerprint density at radius 2 is 1.38 bits per heavy atom. The monoisotopic (exact) mass is 384 g/mol. The molecular weight excluding hydrogens is 352 g/mol. The Bertz CT molecular complexity index is 902. The highest BCUT2D eigenvalue weighted by Crippen LogP contribution is 2.43. The molecule has 1 aliphatic rings. The number of unbranched alkanes of at least 4 members (excludes halogenated alkanes) is 4. The number of benzene rings is 2. The molecule has 29 heavy (non-hydrogen) atoms. The summed E-state index contributed by atoms with van der Waals surface area (Å²) in [5, 5.41) is 0. The van der Waals surface area contributed by atoms with Gasteiger partial charge >= 0.3 is 0 Å². The normalized spacial score (nSPS) is 14.5. The summed E-state index contributed by atoms with van der Waals surface area (Å²) in [4.78, 5) is 0. The van der Waals surface area contributed by atoms with Crippen LogP contribution >= 0.6 is 0 Å². The first-order valence-corrected chi connectivity index (χ1v) is 11.0. The maximum atomic E-state index is 11.3. The molecule has 0 aromatic heterocycles. The van der Waals surface area contributed by atoms with Gasteiger partial charge in [-0.15, -0.1) is 0 Å². The van der Waals surface area contributed by atoms with E-state index in [9.17, 15) is 5.53 Å². The van der Waals surface area contributed by atoms with Crippen molar-refractivity contribution in [2.45, 2.75) is 58.8 Å². The molecule has 0 radical (unpaired) electrons. The Morgan fingerprint density at radius 3 is 1.97 bits per heavy atom. The summed E-state index contributed by atoms with van der Waals surface area (Å²) in [7, 11) is 0. The Balaban J connectivity index is 2.10. The zero-order chi connectivity index (χ0) is 20.5. The minimum atomic E-state index is 0.891. The van der Waals surface area contributed by atoms with E-state index < -0.39 is 0 Å². The molecular formula is C27H32N2. The first-order valence-electron chi connectivity index (χ1n) is 11.0. The van der Waals surface area contributed by atoms with Gasteiger partial charge in [0.15, 0.2) is 0 Å². The second-order valence-corrected chi connectivity index (χ2v) is 7.64. The molecule has 150 valence electrons. The zero-order valence-corrected chi connectivity index (χ0v) is 17.8. The minimum absolute atomic E-state index is 0.891. The smallest absolute Gasteiger partial charge is 0.215 e. The lowest BCUT2D eigenvalue weighted by Gasteiger charge is -2.09. The maximum Gasteiger partial charge on any atom is 0.215 e. The van der Waals surface area contributed by atoms with Gasteiger partial charge in [0.1, 0.15) is 0 Å². The molecule has 2 nitrogen and oxygen atoms in total. The molecule has 0 unspecified atom stereocenters. The van der Waals surface area contributed by atoms with Crippen LogP contribution in [0, 0.1) is 0 Å². The van der Waals surface area contributed by atoms with Gasteiger partial charge in [-0.3, -0.25) is 0 Å². The van der Waals surface area contributed by atoms with Gasteiger partial charge in [-0.1, -0.05) is 88.1 Å². The van der Waals surface area contributed by atoms with Crippen LogP contribution in [0.2, 0.25) is 0 Å². The number of hydrogen-bond donors (Lipinski definition) is 0. The Hall–Kier alpha value is -2.74. The quantitative estimate of drug-likeness (QED) is 0.291. The molecule has 0 spiro atoms. The number of rotatable bonds is 10. The van der Waals surface area contributed by atoms with E-state index in [4.69, 9.17) is 0 Å². The van der Waals surface area contributed by atoms with Crippen molar-refractivity contribution < 1.29 is 4.70 Å². The van der Waals surface area contributed by atoms with Crippen LogP contribution in [0.5, 0.6) is 0 Å². The Labute approximate surface area is 175 Å². The van der Waals surface area contributed by atoms with E-state index in [0.29, 0.717) is 0 Å². The predicted molar refractivity (Wildman–Crippen MR) is 123 cm³/mol. The van der Waals surface area contributed by atoms with Crippen LogP contribution in [-0.2, 0) is 0 Å². The molecule has 0 saturated heterocycles. The van der Waals surface area contributed by atoms with E-state index in [1.54, 1.807) is 0 Å². The number of allylic oxidation sites excluding steroid dienone is 4. The van der Waals surface area contributed by atoms with E-state index in [0.717, 1.165) is 53.8 Å². The fraction of sp³-hybridized carbons (Fsp3) is 0.333. The molecule has 0 aliphatic carbocycles. The zero-order valence-electron chi connectivity index (χ0n) is 17.8. The minimum Gasteiger partial charge on any atom is -0.493 e. The molecule has 0 amide bonds. The van der Waals surface area contributed by atoms with Gasteiger partial charge in [0.25, 0.3) is 0 Å². The van der Waals surface area contributed by atoms with E-state index in [2.05, 4.69) is 50.3 Å². The van der Waals surface area contributed by atoms with Crippen LogP contribution in [-0.4, -0.2) is 4.70 Å². The third kappa shape index (κ3) is 5.00. The molecule has 0 N–H and O–H groups in total. The summed E-state index contributed by atoms with van der Waals surface area (Å²) in [6.45, 7) is 4.44. The van der Waals surface area contributed by atoms with Crippen LogP contribution in [0.4, 0.5) is 0 Å². The van der Waals surface area contributed by atoms with E-state index in [-0.39, 0.29) is 0 Å². The van der Waals surface area contributed by atoms with Crippen molar-refractivity contribution in [2.75, 3.05) is 0 Å². The molecule has 3 rings (SSSR count). The lowest BCUT2D eigenvalue weighted by Crippen LogP contribution is -2.02. The van der Waals surface area contributed by atoms with Gasteiger partial charge in [0.2, 0.25) is 11.4 Å². The SMILES string of the molecule is CCCC=CC1=C(c2ccccc2)[N+](=[N-])C(c2ccccc2)=C1CCCCCC. The summed E-state index contributed by atoms with van der Waals surface area (Å²) in [6, 6.07) is 20.5. The molecule has 0 bridgehead atoms. The maximum absolute atomic E-state index is 11.3. The second-order valence-electron chi connectivity index (χ2n) is 7.64. The van der Waals surface area contributed by atoms with Crippen LogP contribution in [0.1, 0.15) is 69.9 Å². The van der Waals surface area contributed by atoms with Crippen LogP contribution in [0.25, 0.3) is 16.9 Å². The first kappa shape index (κ1) is 21.0. The van der Waals surface area contributed by atoms with Crippen molar-refractivity contribution in [3.63, 3.8) is 0 Å². The van der Waals surface area contributed by atoms with Gasteiger partial charge in [0.05, 0.1) is 5.57 Å². The van der Waals surface area contributed by atoms with E-state index in [1.807, 2.05) is 36.4 Å². The summed E-state index contributed by atoms with van der Waals surface area (Å²) in [5.41, 5.74) is 17.7. The van der Waals surface area contributed by atoms with Crippen molar-refractivity contribution in [3.05, 3.63) is 101 Å². The van der Waals surface area contributed by atoms with Crippen molar-refractivity contribution in [1.82, 2.24) is 0 Å². The highest BCUT2D eigenvalue weighted by molar-refractivity contribution is 5.83. The summed E-state index contributed by atoms with van der Waals surface area (Å²) in [5.74, 6) is 0. The van der Waals surface area contributed by atoms with E-state index in [1.165, 1.54) is 29.5 Å². The van der Waals surface area contributed by atoms with Crippen LogP contribution in [0.15, 0.2) is 84.0 Å². The molecule has 0 fully saturated rings. The summed E-state index contributed by atoms with van der Waals surface area (Å²) in [6.07, 6.45) is 12.4. The fourth-order valence-corrected chi connectivity index (χ4v) is 3.92. The van der Waals surface area contributed by atoms with E-state index >= 15 is 0 Å². The van der Waals surface area contributed by atoms with Crippen LogP contribution < -0.4 is 0 Å². The number of nitrogens with zero attached hydrogens (tertiary/aromatic N) is 2. The average molecular weight is 385 g/mol. The van der Waals surface area contributed by atoms with Gasteiger partial charge in [-0.25, -0.2) is 4.70 Å².